The van der Waals surface area contributed by atoms with Gasteiger partial charge in [-0.05, 0) is 47.7 Å². The van der Waals surface area contributed by atoms with Gasteiger partial charge in [0.15, 0.2) is 5.76 Å². The lowest BCUT2D eigenvalue weighted by Crippen LogP contribution is -2.12. The van der Waals surface area contributed by atoms with Crippen molar-refractivity contribution in [2.24, 2.45) is 0 Å². The van der Waals surface area contributed by atoms with Crippen molar-refractivity contribution in [3.63, 3.8) is 0 Å². The summed E-state index contributed by atoms with van der Waals surface area (Å²) in [6.45, 7) is 8.48. The SMILES string of the molecule is Cc1ccc2c(=O)c(OCc3c(Cl)cccc3Cl)c(-c3ccc(C(C)(C)C)cc3)oc2c1. The molecule has 0 bridgehead atoms. The molecule has 4 rings (SSSR count). The molecule has 0 radical (unpaired) electrons. The number of fused-ring (bicyclic) bond motifs is 1. The molecule has 4 aromatic rings. The van der Waals surface area contributed by atoms with Gasteiger partial charge in [0.25, 0.3) is 0 Å². The highest BCUT2D eigenvalue weighted by Crippen LogP contribution is 2.34. The van der Waals surface area contributed by atoms with Crippen LogP contribution in [0.3, 0.4) is 0 Å². The molecule has 0 fully saturated rings. The molecule has 0 aliphatic carbocycles. The van der Waals surface area contributed by atoms with E-state index in [2.05, 4.69) is 20.8 Å². The third-order valence-corrected chi connectivity index (χ3v) is 6.15. The maximum Gasteiger partial charge on any atom is 0.235 e. The van der Waals surface area contributed by atoms with Crippen molar-refractivity contribution in [2.75, 3.05) is 0 Å². The topological polar surface area (TPSA) is 39.4 Å². The van der Waals surface area contributed by atoms with Crippen LogP contribution in [-0.4, -0.2) is 0 Å². The molecule has 1 heterocycles. The second kappa shape index (κ2) is 8.65. The molecule has 0 aliphatic rings. The first kappa shape index (κ1) is 22.4. The van der Waals surface area contributed by atoms with E-state index in [4.69, 9.17) is 32.4 Å². The van der Waals surface area contributed by atoms with Gasteiger partial charge in [-0.2, -0.15) is 0 Å². The lowest BCUT2D eigenvalue weighted by molar-refractivity contribution is 0.298. The van der Waals surface area contributed by atoms with Gasteiger partial charge in [0, 0.05) is 21.2 Å². The van der Waals surface area contributed by atoms with E-state index in [-0.39, 0.29) is 23.2 Å². The molecule has 0 unspecified atom stereocenters. The monoisotopic (exact) mass is 466 g/mol. The van der Waals surface area contributed by atoms with Gasteiger partial charge in [-0.3, -0.25) is 4.79 Å². The van der Waals surface area contributed by atoms with Crippen LogP contribution in [0.1, 0.15) is 37.5 Å². The minimum absolute atomic E-state index is 0.0139. The molecule has 3 aromatic carbocycles. The first-order valence-electron chi connectivity index (χ1n) is 10.4. The second-order valence-corrected chi connectivity index (χ2v) is 9.72. The van der Waals surface area contributed by atoms with Crippen LogP contribution in [0.4, 0.5) is 0 Å². The van der Waals surface area contributed by atoms with Crippen molar-refractivity contribution in [1.29, 1.82) is 0 Å². The quantitative estimate of drug-likeness (QED) is 0.306. The summed E-state index contributed by atoms with van der Waals surface area (Å²) in [5.41, 5.74) is 3.88. The van der Waals surface area contributed by atoms with E-state index in [1.54, 1.807) is 24.3 Å². The van der Waals surface area contributed by atoms with Gasteiger partial charge >= 0.3 is 0 Å². The molecule has 1 aromatic heterocycles. The predicted molar refractivity (Wildman–Crippen MR) is 132 cm³/mol. The molecule has 3 nitrogen and oxygen atoms in total. The Kier molecular flexibility index (Phi) is 6.07. The zero-order valence-corrected chi connectivity index (χ0v) is 20.0. The Hall–Kier alpha value is -2.75. The molecule has 0 atom stereocenters. The summed E-state index contributed by atoms with van der Waals surface area (Å²) >= 11 is 12.6. The van der Waals surface area contributed by atoms with E-state index in [1.165, 1.54) is 5.56 Å². The largest absolute Gasteiger partial charge is 0.481 e. The fraction of sp³-hybridized carbons (Fsp3) is 0.222. The van der Waals surface area contributed by atoms with E-state index in [1.807, 2.05) is 43.3 Å². The van der Waals surface area contributed by atoms with Gasteiger partial charge in [-0.15, -0.1) is 0 Å². The first-order valence-corrected chi connectivity index (χ1v) is 11.1. The number of hydrogen-bond donors (Lipinski definition) is 0. The van der Waals surface area contributed by atoms with Gasteiger partial charge in [0.2, 0.25) is 11.2 Å². The van der Waals surface area contributed by atoms with E-state index >= 15 is 0 Å². The summed E-state index contributed by atoms with van der Waals surface area (Å²) in [6.07, 6.45) is 0. The number of hydrogen-bond acceptors (Lipinski definition) is 3. The van der Waals surface area contributed by atoms with E-state index in [0.717, 1.165) is 11.1 Å². The zero-order chi connectivity index (χ0) is 23.0. The van der Waals surface area contributed by atoms with Crippen molar-refractivity contribution in [2.45, 2.75) is 39.7 Å². The number of aryl methyl sites for hydroxylation is 1. The van der Waals surface area contributed by atoms with E-state index in [0.29, 0.717) is 32.3 Å². The lowest BCUT2D eigenvalue weighted by atomic mass is 9.86. The highest BCUT2D eigenvalue weighted by molar-refractivity contribution is 6.35. The van der Waals surface area contributed by atoms with Crippen molar-refractivity contribution in [3.8, 4) is 17.1 Å². The predicted octanol–water partition coefficient (Wildman–Crippen LogP) is 7.95. The Labute approximate surface area is 197 Å². The summed E-state index contributed by atoms with van der Waals surface area (Å²) < 4.78 is 12.3. The van der Waals surface area contributed by atoms with Crippen molar-refractivity contribution < 1.29 is 9.15 Å². The summed E-state index contributed by atoms with van der Waals surface area (Å²) in [6, 6.07) is 18.8. The number of ether oxygens (including phenoxy) is 1. The van der Waals surface area contributed by atoms with Crippen LogP contribution in [0.15, 0.2) is 69.9 Å². The fourth-order valence-corrected chi connectivity index (χ4v) is 4.05. The summed E-state index contributed by atoms with van der Waals surface area (Å²) in [4.78, 5) is 13.4. The summed E-state index contributed by atoms with van der Waals surface area (Å²) in [5, 5.41) is 1.43. The zero-order valence-electron chi connectivity index (χ0n) is 18.5. The smallest absolute Gasteiger partial charge is 0.235 e. The minimum Gasteiger partial charge on any atom is -0.481 e. The van der Waals surface area contributed by atoms with Crippen molar-refractivity contribution >= 4 is 34.2 Å². The van der Waals surface area contributed by atoms with Crippen LogP contribution >= 0.6 is 23.2 Å². The highest BCUT2D eigenvalue weighted by Gasteiger charge is 2.20. The Balaban J connectivity index is 1.85. The van der Waals surface area contributed by atoms with Crippen molar-refractivity contribution in [1.82, 2.24) is 0 Å². The number of benzene rings is 3. The first-order chi connectivity index (χ1) is 15.1. The second-order valence-electron chi connectivity index (χ2n) is 8.91. The van der Waals surface area contributed by atoms with Crippen LogP contribution in [0, 0.1) is 6.92 Å². The maximum absolute atomic E-state index is 13.4. The van der Waals surface area contributed by atoms with Gasteiger partial charge in [0.05, 0.1) is 5.39 Å². The standard InChI is InChI=1S/C27H24Cl2O3/c1-16-8-13-19-23(14-16)32-25(17-9-11-18(12-10-17)27(2,3)4)26(24(19)30)31-15-20-21(28)6-5-7-22(20)29/h5-14H,15H2,1-4H3. The van der Waals surface area contributed by atoms with Gasteiger partial charge < -0.3 is 9.15 Å². The summed E-state index contributed by atoms with van der Waals surface area (Å²) in [7, 11) is 0. The molecule has 0 saturated heterocycles. The Morgan fingerprint density at radius 2 is 1.59 bits per heavy atom. The van der Waals surface area contributed by atoms with Crippen molar-refractivity contribution in [3.05, 3.63) is 97.6 Å². The summed E-state index contributed by atoms with van der Waals surface area (Å²) in [5.74, 6) is 0.526. The maximum atomic E-state index is 13.4. The van der Waals surface area contributed by atoms with Crippen LogP contribution in [0.2, 0.25) is 10.0 Å². The van der Waals surface area contributed by atoms with Crippen LogP contribution in [0.25, 0.3) is 22.3 Å². The van der Waals surface area contributed by atoms with Gasteiger partial charge in [-0.25, -0.2) is 0 Å². The minimum atomic E-state index is -0.232. The highest BCUT2D eigenvalue weighted by atomic mass is 35.5. The third kappa shape index (κ3) is 4.41. The third-order valence-electron chi connectivity index (χ3n) is 5.44. The molecule has 164 valence electrons. The van der Waals surface area contributed by atoms with Gasteiger partial charge in [0.1, 0.15) is 12.2 Å². The van der Waals surface area contributed by atoms with Gasteiger partial charge in [-0.1, -0.05) is 80.4 Å². The van der Waals surface area contributed by atoms with Crippen LogP contribution in [-0.2, 0) is 12.0 Å². The molecular weight excluding hydrogens is 443 g/mol. The number of rotatable bonds is 4. The molecule has 0 spiro atoms. The van der Waals surface area contributed by atoms with Crippen LogP contribution in [0.5, 0.6) is 5.75 Å². The fourth-order valence-electron chi connectivity index (χ4n) is 3.54. The molecule has 0 amide bonds. The molecule has 0 N–H and O–H groups in total. The Bertz CT molecular complexity index is 1330. The van der Waals surface area contributed by atoms with E-state index in [9.17, 15) is 4.79 Å². The Morgan fingerprint density at radius 3 is 2.22 bits per heavy atom. The average molecular weight is 467 g/mol. The molecular formula is C27H24Cl2O3. The van der Waals surface area contributed by atoms with E-state index < -0.39 is 0 Å². The molecule has 32 heavy (non-hydrogen) atoms. The molecule has 0 aliphatic heterocycles. The lowest BCUT2D eigenvalue weighted by Gasteiger charge is -2.19. The average Bonchev–Trinajstić information content (AvgIpc) is 2.74. The van der Waals surface area contributed by atoms with Crippen LogP contribution < -0.4 is 10.2 Å². The normalized spacial score (nSPS) is 11.7. The molecule has 0 saturated carbocycles. The number of halogens is 2. The Morgan fingerprint density at radius 1 is 0.938 bits per heavy atom. The molecule has 5 heteroatoms.